The maximum atomic E-state index is 7.55. The maximum Gasteiger partial charge on any atom is 0.138 e. The van der Waals surface area contributed by atoms with Crippen LogP contribution >= 0.6 is 11.6 Å². The van der Waals surface area contributed by atoms with Gasteiger partial charge in [-0.3, -0.25) is 5.41 Å². The summed E-state index contributed by atoms with van der Waals surface area (Å²) in [5.74, 6) is 1.18. The first-order valence-corrected chi connectivity index (χ1v) is 6.24. The molecule has 3 N–H and O–H groups in total. The second-order valence-electron chi connectivity index (χ2n) is 4.40. The molecule has 19 heavy (non-hydrogen) atoms. The van der Waals surface area contributed by atoms with E-state index in [-0.39, 0.29) is 5.84 Å². The Morgan fingerprint density at radius 3 is 2.47 bits per heavy atom. The molecule has 3 nitrogen and oxygen atoms in total. The lowest BCUT2D eigenvalue weighted by molar-refractivity contribution is 0.481. The lowest BCUT2D eigenvalue weighted by atomic mass is 10.1. The van der Waals surface area contributed by atoms with Crippen molar-refractivity contribution in [2.24, 2.45) is 5.73 Å². The Balaban J connectivity index is 2.37. The van der Waals surface area contributed by atoms with Gasteiger partial charge < -0.3 is 10.5 Å². The van der Waals surface area contributed by atoms with Crippen molar-refractivity contribution in [3.8, 4) is 11.5 Å². The quantitative estimate of drug-likeness (QED) is 0.656. The average Bonchev–Trinajstić information content (AvgIpc) is 2.36. The van der Waals surface area contributed by atoms with E-state index >= 15 is 0 Å². The van der Waals surface area contributed by atoms with Crippen molar-refractivity contribution in [3.63, 3.8) is 0 Å². The van der Waals surface area contributed by atoms with E-state index in [0.717, 1.165) is 5.56 Å². The molecule has 0 aliphatic heterocycles. The smallest absolute Gasteiger partial charge is 0.138 e. The van der Waals surface area contributed by atoms with Crippen molar-refractivity contribution < 1.29 is 4.74 Å². The van der Waals surface area contributed by atoms with E-state index < -0.39 is 0 Å². The zero-order valence-electron chi connectivity index (χ0n) is 10.8. The number of nitrogen functional groups attached to an aromatic ring is 1. The lowest BCUT2D eigenvalue weighted by Gasteiger charge is -2.11. The molecule has 4 heteroatoms. The Morgan fingerprint density at radius 2 is 1.84 bits per heavy atom. The highest BCUT2D eigenvalue weighted by atomic mass is 35.5. The molecule has 0 fully saturated rings. The van der Waals surface area contributed by atoms with Crippen molar-refractivity contribution in [2.45, 2.75) is 13.8 Å². The van der Waals surface area contributed by atoms with E-state index in [2.05, 4.69) is 0 Å². The molecule has 0 aliphatic carbocycles. The van der Waals surface area contributed by atoms with Gasteiger partial charge in [0.05, 0.1) is 5.56 Å². The van der Waals surface area contributed by atoms with E-state index in [1.54, 1.807) is 18.2 Å². The van der Waals surface area contributed by atoms with Gasteiger partial charge in [-0.15, -0.1) is 0 Å². The maximum absolute atomic E-state index is 7.55. The largest absolute Gasteiger partial charge is 0.457 e. The highest BCUT2D eigenvalue weighted by Crippen LogP contribution is 2.28. The molecule has 0 aliphatic rings. The van der Waals surface area contributed by atoms with Crippen LogP contribution in [0.1, 0.15) is 16.7 Å². The first-order valence-electron chi connectivity index (χ1n) is 5.86. The van der Waals surface area contributed by atoms with Crippen LogP contribution in [0.3, 0.4) is 0 Å². The van der Waals surface area contributed by atoms with Crippen LogP contribution in [-0.4, -0.2) is 5.84 Å². The van der Waals surface area contributed by atoms with Crippen LogP contribution in [0, 0.1) is 19.3 Å². The van der Waals surface area contributed by atoms with Gasteiger partial charge in [0.25, 0.3) is 0 Å². The summed E-state index contributed by atoms with van der Waals surface area (Å²) >= 11 is 5.90. The van der Waals surface area contributed by atoms with Crippen LogP contribution in [0.4, 0.5) is 0 Å². The first kappa shape index (κ1) is 13.4. The monoisotopic (exact) mass is 274 g/mol. The molecule has 0 amide bonds. The zero-order valence-corrected chi connectivity index (χ0v) is 11.6. The Labute approximate surface area is 117 Å². The van der Waals surface area contributed by atoms with E-state index in [1.807, 2.05) is 32.0 Å². The predicted octanol–water partition coefficient (Wildman–Crippen LogP) is 4.03. The van der Waals surface area contributed by atoms with E-state index in [4.69, 9.17) is 27.5 Å². The number of halogens is 1. The summed E-state index contributed by atoms with van der Waals surface area (Å²) in [7, 11) is 0. The third kappa shape index (κ3) is 3.06. The summed E-state index contributed by atoms with van der Waals surface area (Å²) in [5.41, 5.74) is 8.38. The van der Waals surface area contributed by atoms with Gasteiger partial charge in [0.15, 0.2) is 0 Å². The molecule has 2 aromatic carbocycles. The van der Waals surface area contributed by atoms with Crippen molar-refractivity contribution in [1.82, 2.24) is 0 Å². The predicted molar refractivity (Wildman–Crippen MR) is 78.5 cm³/mol. The van der Waals surface area contributed by atoms with Crippen molar-refractivity contribution in [1.29, 1.82) is 5.41 Å². The highest BCUT2D eigenvalue weighted by molar-refractivity contribution is 6.31. The van der Waals surface area contributed by atoms with Crippen LogP contribution < -0.4 is 10.5 Å². The summed E-state index contributed by atoms with van der Waals surface area (Å²) in [6, 6.07) is 10.9. The number of hydrogen-bond acceptors (Lipinski definition) is 2. The van der Waals surface area contributed by atoms with Gasteiger partial charge in [0, 0.05) is 5.02 Å². The lowest BCUT2D eigenvalue weighted by Crippen LogP contribution is -2.12. The second-order valence-corrected chi connectivity index (χ2v) is 4.84. The molecule has 2 aromatic rings. The number of nitrogens with two attached hydrogens (primary N) is 1. The summed E-state index contributed by atoms with van der Waals surface area (Å²) in [6.07, 6.45) is 0. The molecule has 0 aromatic heterocycles. The van der Waals surface area contributed by atoms with Gasteiger partial charge in [-0.05, 0) is 55.3 Å². The Bertz CT molecular complexity index is 638. The molecule has 0 saturated heterocycles. The molecular weight excluding hydrogens is 260 g/mol. The van der Waals surface area contributed by atoms with Gasteiger partial charge >= 0.3 is 0 Å². The standard InChI is InChI=1S/C15H15ClN2O/c1-9-3-5-12(7-10(9)2)19-14-6-4-11(16)8-13(14)15(17)18/h3-8H,1-2H3,(H3,17,18). The van der Waals surface area contributed by atoms with Crippen LogP contribution in [0.15, 0.2) is 36.4 Å². The fourth-order valence-corrected chi connectivity index (χ4v) is 1.88. The zero-order chi connectivity index (χ0) is 14.0. The fraction of sp³-hybridized carbons (Fsp3) is 0.133. The minimum absolute atomic E-state index is 0.0682. The number of amidine groups is 1. The third-order valence-electron chi connectivity index (χ3n) is 2.94. The van der Waals surface area contributed by atoms with Gasteiger partial charge in [-0.2, -0.15) is 0 Å². The van der Waals surface area contributed by atoms with Gasteiger partial charge in [0.2, 0.25) is 0 Å². The molecule has 0 atom stereocenters. The topological polar surface area (TPSA) is 59.1 Å². The second kappa shape index (κ2) is 5.33. The van der Waals surface area contributed by atoms with Crippen LogP contribution in [0.2, 0.25) is 5.02 Å². The van der Waals surface area contributed by atoms with Crippen LogP contribution in [0.5, 0.6) is 11.5 Å². The molecule has 0 heterocycles. The summed E-state index contributed by atoms with van der Waals surface area (Å²) in [4.78, 5) is 0. The number of nitrogens with one attached hydrogen (secondary N) is 1. The molecule has 2 rings (SSSR count). The molecule has 0 unspecified atom stereocenters. The van der Waals surface area contributed by atoms with Crippen molar-refractivity contribution >= 4 is 17.4 Å². The average molecular weight is 275 g/mol. The number of benzene rings is 2. The molecule has 0 saturated carbocycles. The van der Waals surface area contributed by atoms with Crippen molar-refractivity contribution in [2.75, 3.05) is 0 Å². The van der Waals surface area contributed by atoms with Crippen molar-refractivity contribution in [3.05, 3.63) is 58.1 Å². The van der Waals surface area contributed by atoms with Gasteiger partial charge in [-0.1, -0.05) is 17.7 Å². The number of hydrogen-bond donors (Lipinski definition) is 2. The molecule has 98 valence electrons. The molecular formula is C15H15ClN2O. The minimum Gasteiger partial charge on any atom is -0.457 e. The van der Waals surface area contributed by atoms with Gasteiger partial charge in [0.1, 0.15) is 17.3 Å². The van der Waals surface area contributed by atoms with Crippen LogP contribution in [-0.2, 0) is 0 Å². The molecule has 0 bridgehead atoms. The Hall–Kier alpha value is -2.00. The Kier molecular flexibility index (Phi) is 3.76. The van der Waals surface area contributed by atoms with E-state index in [0.29, 0.717) is 22.1 Å². The summed E-state index contributed by atoms with van der Waals surface area (Å²) < 4.78 is 5.78. The SMILES string of the molecule is Cc1ccc(Oc2ccc(Cl)cc2C(=N)N)cc1C. The highest BCUT2D eigenvalue weighted by Gasteiger charge is 2.09. The number of rotatable bonds is 3. The summed E-state index contributed by atoms with van der Waals surface area (Å²) in [6.45, 7) is 4.07. The van der Waals surface area contributed by atoms with E-state index in [1.165, 1.54) is 5.56 Å². The van der Waals surface area contributed by atoms with Crippen LogP contribution in [0.25, 0.3) is 0 Å². The molecule has 0 spiro atoms. The first-order chi connectivity index (χ1) is 8.97. The third-order valence-corrected chi connectivity index (χ3v) is 3.17. The van der Waals surface area contributed by atoms with E-state index in [9.17, 15) is 0 Å². The molecule has 0 radical (unpaired) electrons. The number of ether oxygens (including phenoxy) is 1. The number of aryl methyl sites for hydroxylation is 2. The van der Waals surface area contributed by atoms with Gasteiger partial charge in [-0.25, -0.2) is 0 Å². The summed E-state index contributed by atoms with van der Waals surface area (Å²) in [5, 5.41) is 8.08. The Morgan fingerprint density at radius 1 is 1.11 bits per heavy atom. The fourth-order valence-electron chi connectivity index (χ4n) is 1.71. The normalized spacial score (nSPS) is 10.3. The minimum atomic E-state index is -0.0682.